The van der Waals surface area contributed by atoms with Crippen LogP contribution in [0, 0.1) is 0 Å². The van der Waals surface area contributed by atoms with E-state index in [1.807, 2.05) is 6.08 Å². The zero-order chi connectivity index (χ0) is 55.7. The molecular weight excluding hydrogens is 947 g/mol. The quantitative estimate of drug-likeness (QED) is 0.0320. The standard InChI is InChI=1S/C71H135NO5/c1-3-5-7-9-11-13-15-17-19-20-33-37-41-45-49-53-57-61-65-71(76)77-66-62-58-54-50-46-42-38-34-31-29-27-25-23-21-22-24-26-28-30-32-36-40-44-48-52-56-60-64-70(75)72-68(67-73)69(74)63-59-55-51-47-43-39-35-18-16-14-12-10-8-6-4-2/h21-22,25,27,59,63,68-69,73-74H,3-20,23-24,26,28-58,60-62,64-67H2,1-2H3,(H,72,75)/b22-21-,27-25-,63-59+. The monoisotopic (exact) mass is 1080 g/mol. The Kier molecular flexibility index (Phi) is 64.9. The first kappa shape index (κ1) is 75.1. The van der Waals surface area contributed by atoms with Crippen molar-refractivity contribution in [1.29, 1.82) is 0 Å². The van der Waals surface area contributed by atoms with E-state index in [-0.39, 0.29) is 18.5 Å². The molecule has 0 aromatic rings. The molecule has 0 radical (unpaired) electrons. The van der Waals surface area contributed by atoms with E-state index in [0.29, 0.717) is 19.4 Å². The Morgan fingerprint density at radius 2 is 0.649 bits per heavy atom. The highest BCUT2D eigenvalue weighted by Crippen LogP contribution is 2.18. The summed E-state index contributed by atoms with van der Waals surface area (Å²) in [6, 6.07) is -0.630. The lowest BCUT2D eigenvalue weighted by Crippen LogP contribution is -2.45. The van der Waals surface area contributed by atoms with Crippen LogP contribution in [-0.2, 0) is 14.3 Å². The number of hydrogen-bond acceptors (Lipinski definition) is 5. The van der Waals surface area contributed by atoms with Gasteiger partial charge < -0.3 is 20.3 Å². The molecule has 6 nitrogen and oxygen atoms in total. The summed E-state index contributed by atoms with van der Waals surface area (Å²) >= 11 is 0. The number of aliphatic hydroxyl groups excluding tert-OH is 2. The maximum atomic E-state index is 12.5. The van der Waals surface area contributed by atoms with Crippen LogP contribution in [0.3, 0.4) is 0 Å². The van der Waals surface area contributed by atoms with Gasteiger partial charge >= 0.3 is 5.97 Å². The Morgan fingerprint density at radius 3 is 0.987 bits per heavy atom. The van der Waals surface area contributed by atoms with Crippen molar-refractivity contribution < 1.29 is 24.5 Å². The van der Waals surface area contributed by atoms with E-state index >= 15 is 0 Å². The fraction of sp³-hybridized carbons (Fsp3) is 0.887. The minimum atomic E-state index is -0.847. The van der Waals surface area contributed by atoms with E-state index in [1.165, 1.54) is 308 Å². The highest BCUT2D eigenvalue weighted by atomic mass is 16.5. The molecule has 77 heavy (non-hydrogen) atoms. The lowest BCUT2D eigenvalue weighted by molar-refractivity contribution is -0.143. The average molecular weight is 1080 g/mol. The molecule has 2 atom stereocenters. The summed E-state index contributed by atoms with van der Waals surface area (Å²) in [5, 5.41) is 23.1. The number of ether oxygens (including phenoxy) is 1. The molecule has 3 N–H and O–H groups in total. The number of aliphatic hydroxyl groups is 2. The van der Waals surface area contributed by atoms with Crippen molar-refractivity contribution in [1.82, 2.24) is 5.32 Å². The number of nitrogens with one attached hydrogen (secondary N) is 1. The molecule has 0 aromatic carbocycles. The molecule has 0 bridgehead atoms. The number of amides is 1. The third-order valence-electron chi connectivity index (χ3n) is 16.2. The van der Waals surface area contributed by atoms with Crippen molar-refractivity contribution >= 4 is 11.9 Å². The molecule has 0 fully saturated rings. The van der Waals surface area contributed by atoms with E-state index in [2.05, 4.69) is 43.5 Å². The Morgan fingerprint density at radius 1 is 0.364 bits per heavy atom. The van der Waals surface area contributed by atoms with Crippen LogP contribution in [-0.4, -0.2) is 47.4 Å². The Balaban J connectivity index is 3.41. The molecule has 0 aliphatic rings. The van der Waals surface area contributed by atoms with Gasteiger partial charge in [-0.2, -0.15) is 0 Å². The summed E-state index contributed by atoms with van der Waals surface area (Å²) in [4.78, 5) is 24.6. The van der Waals surface area contributed by atoms with E-state index in [0.717, 1.165) is 44.9 Å². The van der Waals surface area contributed by atoms with Crippen LogP contribution in [0.5, 0.6) is 0 Å². The number of hydrogen-bond donors (Lipinski definition) is 3. The molecule has 0 aromatic heterocycles. The van der Waals surface area contributed by atoms with E-state index in [1.54, 1.807) is 6.08 Å². The fourth-order valence-corrected chi connectivity index (χ4v) is 10.8. The highest BCUT2D eigenvalue weighted by Gasteiger charge is 2.18. The molecule has 454 valence electrons. The van der Waals surface area contributed by atoms with Gasteiger partial charge in [0.25, 0.3) is 0 Å². The summed E-state index contributed by atoms with van der Waals surface area (Å²) < 4.78 is 5.50. The second-order valence-corrected chi connectivity index (χ2v) is 23.9. The van der Waals surface area contributed by atoms with Gasteiger partial charge in [-0.25, -0.2) is 0 Å². The van der Waals surface area contributed by atoms with Gasteiger partial charge in [0.15, 0.2) is 0 Å². The van der Waals surface area contributed by atoms with Crippen molar-refractivity contribution in [3.63, 3.8) is 0 Å². The van der Waals surface area contributed by atoms with Crippen LogP contribution in [0.25, 0.3) is 0 Å². The van der Waals surface area contributed by atoms with Gasteiger partial charge in [-0.3, -0.25) is 9.59 Å². The van der Waals surface area contributed by atoms with Crippen LogP contribution in [0.15, 0.2) is 36.5 Å². The van der Waals surface area contributed by atoms with Crippen molar-refractivity contribution in [3.8, 4) is 0 Å². The number of rotatable bonds is 65. The zero-order valence-electron chi connectivity index (χ0n) is 52.0. The first-order valence-corrected chi connectivity index (χ1v) is 34.8. The maximum absolute atomic E-state index is 12.5. The number of esters is 1. The Hall–Kier alpha value is -1.92. The van der Waals surface area contributed by atoms with Crippen molar-refractivity contribution in [2.75, 3.05) is 13.2 Å². The number of carbonyl (C=O) groups excluding carboxylic acids is 2. The molecule has 0 spiro atoms. The third kappa shape index (κ3) is 63.1. The lowest BCUT2D eigenvalue weighted by Gasteiger charge is -2.20. The average Bonchev–Trinajstić information content (AvgIpc) is 3.43. The summed E-state index contributed by atoms with van der Waals surface area (Å²) in [6.07, 6.45) is 85.0. The molecule has 2 unspecified atom stereocenters. The minimum absolute atomic E-state index is 0.0150. The molecule has 0 saturated heterocycles. The van der Waals surface area contributed by atoms with E-state index in [4.69, 9.17) is 4.74 Å². The van der Waals surface area contributed by atoms with Gasteiger partial charge in [-0.1, -0.05) is 339 Å². The van der Waals surface area contributed by atoms with Crippen LogP contribution in [0.4, 0.5) is 0 Å². The van der Waals surface area contributed by atoms with Gasteiger partial charge in [-0.05, 0) is 64.2 Å². The molecule has 0 saturated carbocycles. The topological polar surface area (TPSA) is 95.9 Å². The highest BCUT2D eigenvalue weighted by molar-refractivity contribution is 5.76. The minimum Gasteiger partial charge on any atom is -0.466 e. The number of carbonyl (C=O) groups is 2. The molecule has 0 rings (SSSR count). The molecule has 0 aliphatic carbocycles. The normalized spacial score (nSPS) is 12.7. The van der Waals surface area contributed by atoms with Crippen LogP contribution >= 0.6 is 0 Å². The largest absolute Gasteiger partial charge is 0.466 e. The maximum Gasteiger partial charge on any atom is 0.305 e. The Labute approximate surface area is 481 Å². The summed E-state index contributed by atoms with van der Waals surface area (Å²) in [7, 11) is 0. The number of allylic oxidation sites excluding steroid dienone is 5. The summed E-state index contributed by atoms with van der Waals surface area (Å²) in [5.41, 5.74) is 0. The first-order chi connectivity index (χ1) is 38.0. The van der Waals surface area contributed by atoms with E-state index < -0.39 is 12.1 Å². The molecular formula is C71H135NO5. The van der Waals surface area contributed by atoms with Gasteiger partial charge in [0.1, 0.15) is 0 Å². The number of unbranched alkanes of at least 4 members (excludes halogenated alkanes) is 50. The lowest BCUT2D eigenvalue weighted by atomic mass is 10.0. The van der Waals surface area contributed by atoms with Crippen molar-refractivity contribution in [2.45, 2.75) is 392 Å². The molecule has 1 amide bonds. The molecule has 0 heterocycles. The van der Waals surface area contributed by atoms with Crippen LogP contribution in [0.1, 0.15) is 380 Å². The second kappa shape index (κ2) is 66.6. The van der Waals surface area contributed by atoms with Crippen LogP contribution in [0.2, 0.25) is 0 Å². The fourth-order valence-electron chi connectivity index (χ4n) is 10.8. The van der Waals surface area contributed by atoms with Gasteiger partial charge in [0.05, 0.1) is 25.4 Å². The smallest absolute Gasteiger partial charge is 0.305 e. The van der Waals surface area contributed by atoms with Crippen molar-refractivity contribution in [3.05, 3.63) is 36.5 Å². The first-order valence-electron chi connectivity index (χ1n) is 34.8. The summed E-state index contributed by atoms with van der Waals surface area (Å²) in [6.45, 7) is 4.93. The third-order valence-corrected chi connectivity index (χ3v) is 16.2. The second-order valence-electron chi connectivity index (χ2n) is 23.9. The predicted octanol–water partition coefficient (Wildman–Crippen LogP) is 22.3. The van der Waals surface area contributed by atoms with Gasteiger partial charge in [0, 0.05) is 12.8 Å². The van der Waals surface area contributed by atoms with Crippen molar-refractivity contribution in [2.24, 2.45) is 0 Å². The molecule has 0 aliphatic heterocycles. The van der Waals surface area contributed by atoms with Crippen LogP contribution < -0.4 is 5.32 Å². The van der Waals surface area contributed by atoms with Gasteiger partial charge in [0.2, 0.25) is 5.91 Å². The predicted molar refractivity (Wildman–Crippen MR) is 338 cm³/mol. The zero-order valence-corrected chi connectivity index (χ0v) is 52.0. The molecule has 6 heteroatoms. The van der Waals surface area contributed by atoms with E-state index in [9.17, 15) is 19.8 Å². The summed E-state index contributed by atoms with van der Waals surface area (Å²) in [5.74, 6) is -0.0544. The Bertz CT molecular complexity index is 1250. The van der Waals surface area contributed by atoms with Gasteiger partial charge in [-0.15, -0.1) is 0 Å². The SMILES string of the molecule is CCCCCCCCCCCCCCC/C=C/C(O)C(CO)NC(=O)CCCCCCCCCCCCC/C=C\C/C=C\CCCCCCCCCCCOC(=O)CCCCCCCCCCCCCCCCCCCC.